The second kappa shape index (κ2) is 7.40. The van der Waals surface area contributed by atoms with Gasteiger partial charge in [-0.2, -0.15) is 5.10 Å². The zero-order chi connectivity index (χ0) is 17.8. The highest BCUT2D eigenvalue weighted by atomic mass is 35.5. The molecule has 0 aliphatic rings. The SMILES string of the molecule is COc1ccc(C(C)NC(=O)c2cn[nH]c2-c2cccc(Cl)c2)cc1. The smallest absolute Gasteiger partial charge is 0.255 e. The summed E-state index contributed by atoms with van der Waals surface area (Å²) in [6.07, 6.45) is 1.52. The largest absolute Gasteiger partial charge is 0.497 e. The van der Waals surface area contributed by atoms with E-state index in [1.807, 2.05) is 43.3 Å². The number of carbonyl (C=O) groups is 1. The van der Waals surface area contributed by atoms with Crippen LogP contribution in [0.25, 0.3) is 11.3 Å². The number of aromatic amines is 1. The Morgan fingerprint density at radius 3 is 2.68 bits per heavy atom. The number of carbonyl (C=O) groups excluding carboxylic acids is 1. The maximum atomic E-state index is 12.7. The lowest BCUT2D eigenvalue weighted by Gasteiger charge is -2.15. The molecule has 2 N–H and O–H groups in total. The van der Waals surface area contributed by atoms with Gasteiger partial charge in [-0.3, -0.25) is 9.89 Å². The molecule has 1 unspecified atom stereocenters. The standard InChI is InChI=1S/C19H18ClN3O2/c1-12(13-6-8-16(25-2)9-7-13)22-19(24)17-11-21-23-18(17)14-4-3-5-15(20)10-14/h3-12H,1-2H3,(H,21,23)(H,22,24). The summed E-state index contributed by atoms with van der Waals surface area (Å²) in [5.41, 5.74) is 2.92. The number of hydrogen-bond donors (Lipinski definition) is 2. The zero-order valence-electron chi connectivity index (χ0n) is 13.9. The van der Waals surface area contributed by atoms with E-state index >= 15 is 0 Å². The van der Waals surface area contributed by atoms with E-state index in [1.165, 1.54) is 6.20 Å². The fraction of sp³-hybridized carbons (Fsp3) is 0.158. The molecule has 0 aliphatic carbocycles. The van der Waals surface area contributed by atoms with Crippen LogP contribution < -0.4 is 10.1 Å². The third-order valence-electron chi connectivity index (χ3n) is 3.96. The Bertz CT molecular complexity index is 874. The topological polar surface area (TPSA) is 67.0 Å². The Hall–Kier alpha value is -2.79. The van der Waals surface area contributed by atoms with Gasteiger partial charge in [0.15, 0.2) is 0 Å². The molecule has 1 aromatic heterocycles. The molecular formula is C19H18ClN3O2. The highest BCUT2D eigenvalue weighted by Gasteiger charge is 2.18. The minimum atomic E-state index is -0.202. The predicted octanol–water partition coefficient (Wildman–Crippen LogP) is 4.23. The first-order valence-electron chi connectivity index (χ1n) is 7.82. The molecule has 2 aromatic carbocycles. The first-order chi connectivity index (χ1) is 12.1. The number of nitrogens with zero attached hydrogens (tertiary/aromatic N) is 1. The molecule has 0 bridgehead atoms. The van der Waals surface area contributed by atoms with E-state index in [1.54, 1.807) is 19.2 Å². The summed E-state index contributed by atoms with van der Waals surface area (Å²) < 4.78 is 5.15. The molecule has 1 heterocycles. The van der Waals surface area contributed by atoms with Crippen molar-refractivity contribution >= 4 is 17.5 Å². The minimum absolute atomic E-state index is 0.152. The molecule has 128 valence electrons. The highest BCUT2D eigenvalue weighted by Crippen LogP contribution is 2.25. The van der Waals surface area contributed by atoms with E-state index < -0.39 is 0 Å². The fourth-order valence-corrected chi connectivity index (χ4v) is 2.76. The van der Waals surface area contributed by atoms with Gasteiger partial charge in [-0.25, -0.2) is 0 Å². The number of aromatic nitrogens is 2. The summed E-state index contributed by atoms with van der Waals surface area (Å²) in [7, 11) is 1.62. The van der Waals surface area contributed by atoms with Crippen molar-refractivity contribution in [2.45, 2.75) is 13.0 Å². The zero-order valence-corrected chi connectivity index (χ0v) is 14.7. The number of ether oxygens (including phenoxy) is 1. The van der Waals surface area contributed by atoms with E-state index in [2.05, 4.69) is 15.5 Å². The van der Waals surface area contributed by atoms with Crippen molar-refractivity contribution in [3.8, 4) is 17.0 Å². The molecule has 6 heteroatoms. The molecule has 0 radical (unpaired) electrons. The maximum Gasteiger partial charge on any atom is 0.255 e. The van der Waals surface area contributed by atoms with Crippen LogP contribution in [-0.2, 0) is 0 Å². The van der Waals surface area contributed by atoms with Crippen molar-refractivity contribution in [3.63, 3.8) is 0 Å². The van der Waals surface area contributed by atoms with Crippen molar-refractivity contribution < 1.29 is 9.53 Å². The van der Waals surface area contributed by atoms with Crippen LogP contribution in [0.3, 0.4) is 0 Å². The third-order valence-corrected chi connectivity index (χ3v) is 4.20. The average molecular weight is 356 g/mol. The summed E-state index contributed by atoms with van der Waals surface area (Å²) in [5, 5.41) is 10.5. The van der Waals surface area contributed by atoms with E-state index in [4.69, 9.17) is 16.3 Å². The van der Waals surface area contributed by atoms with E-state index in [-0.39, 0.29) is 11.9 Å². The number of benzene rings is 2. The number of amides is 1. The molecule has 0 saturated carbocycles. The number of methoxy groups -OCH3 is 1. The maximum absolute atomic E-state index is 12.7. The van der Waals surface area contributed by atoms with Crippen LogP contribution in [0.15, 0.2) is 54.7 Å². The van der Waals surface area contributed by atoms with Gasteiger partial charge in [-0.15, -0.1) is 0 Å². The van der Waals surface area contributed by atoms with E-state index in [0.717, 1.165) is 16.9 Å². The number of hydrogen-bond acceptors (Lipinski definition) is 3. The van der Waals surface area contributed by atoms with Crippen molar-refractivity contribution in [3.05, 3.63) is 70.9 Å². The van der Waals surface area contributed by atoms with E-state index in [9.17, 15) is 4.79 Å². The van der Waals surface area contributed by atoms with Gasteiger partial charge in [0.2, 0.25) is 0 Å². The molecular weight excluding hydrogens is 338 g/mol. The molecule has 1 atom stereocenters. The van der Waals surface area contributed by atoms with Crippen LogP contribution in [0.5, 0.6) is 5.75 Å². The molecule has 3 aromatic rings. The fourth-order valence-electron chi connectivity index (χ4n) is 2.57. The second-order valence-corrected chi connectivity index (χ2v) is 6.07. The summed E-state index contributed by atoms with van der Waals surface area (Å²) in [5.74, 6) is 0.576. The van der Waals surface area contributed by atoms with Crippen molar-refractivity contribution in [1.29, 1.82) is 0 Å². The molecule has 0 spiro atoms. The van der Waals surface area contributed by atoms with Crippen LogP contribution in [-0.4, -0.2) is 23.2 Å². The summed E-state index contributed by atoms with van der Waals surface area (Å²) in [6, 6.07) is 14.7. The number of rotatable bonds is 5. The average Bonchev–Trinajstić information content (AvgIpc) is 3.11. The van der Waals surface area contributed by atoms with E-state index in [0.29, 0.717) is 16.3 Å². The Morgan fingerprint density at radius 1 is 1.24 bits per heavy atom. The van der Waals surface area contributed by atoms with Crippen LogP contribution in [0.4, 0.5) is 0 Å². The molecule has 25 heavy (non-hydrogen) atoms. The van der Waals surface area contributed by atoms with Gasteiger partial charge < -0.3 is 10.1 Å². The molecule has 0 fully saturated rings. The number of nitrogens with one attached hydrogen (secondary N) is 2. The lowest BCUT2D eigenvalue weighted by molar-refractivity contribution is 0.0940. The molecule has 1 amide bonds. The Morgan fingerprint density at radius 2 is 2.00 bits per heavy atom. The predicted molar refractivity (Wildman–Crippen MR) is 97.9 cm³/mol. The number of halogens is 1. The van der Waals surface area contributed by atoms with Gasteiger partial charge >= 0.3 is 0 Å². The Labute approximate surface area is 151 Å². The van der Waals surface area contributed by atoms with Crippen LogP contribution in [0.1, 0.15) is 28.9 Å². The van der Waals surface area contributed by atoms with Gasteiger partial charge in [-0.05, 0) is 36.8 Å². The lowest BCUT2D eigenvalue weighted by atomic mass is 10.1. The molecule has 0 saturated heterocycles. The normalized spacial score (nSPS) is 11.8. The Kier molecular flexibility index (Phi) is 5.05. The lowest BCUT2D eigenvalue weighted by Crippen LogP contribution is -2.26. The first-order valence-corrected chi connectivity index (χ1v) is 8.20. The number of H-pyrrole nitrogens is 1. The van der Waals surface area contributed by atoms with Crippen LogP contribution in [0, 0.1) is 0 Å². The second-order valence-electron chi connectivity index (χ2n) is 5.64. The third kappa shape index (κ3) is 3.83. The molecule has 5 nitrogen and oxygen atoms in total. The van der Waals surface area contributed by atoms with Gasteiger partial charge in [0.25, 0.3) is 5.91 Å². The van der Waals surface area contributed by atoms with Crippen LogP contribution >= 0.6 is 11.6 Å². The van der Waals surface area contributed by atoms with Crippen LogP contribution in [0.2, 0.25) is 5.02 Å². The summed E-state index contributed by atoms with van der Waals surface area (Å²) in [4.78, 5) is 12.7. The monoisotopic (exact) mass is 355 g/mol. The first kappa shape index (κ1) is 17.0. The van der Waals surface area contributed by atoms with Crippen molar-refractivity contribution in [2.75, 3.05) is 7.11 Å². The van der Waals surface area contributed by atoms with Gasteiger partial charge in [0.05, 0.1) is 30.6 Å². The summed E-state index contributed by atoms with van der Waals surface area (Å²) >= 11 is 6.04. The van der Waals surface area contributed by atoms with Gasteiger partial charge in [-0.1, -0.05) is 35.9 Å². The van der Waals surface area contributed by atoms with Gasteiger partial charge in [0.1, 0.15) is 5.75 Å². The molecule has 3 rings (SSSR count). The van der Waals surface area contributed by atoms with Gasteiger partial charge in [0, 0.05) is 10.6 Å². The molecule has 0 aliphatic heterocycles. The quantitative estimate of drug-likeness (QED) is 0.719. The summed E-state index contributed by atoms with van der Waals surface area (Å²) in [6.45, 7) is 1.93. The van der Waals surface area contributed by atoms with Crippen molar-refractivity contribution in [1.82, 2.24) is 15.5 Å². The van der Waals surface area contributed by atoms with Crippen molar-refractivity contribution in [2.24, 2.45) is 0 Å². The Balaban J connectivity index is 1.78. The highest BCUT2D eigenvalue weighted by molar-refractivity contribution is 6.30. The minimum Gasteiger partial charge on any atom is -0.497 e.